The highest BCUT2D eigenvalue weighted by Crippen LogP contribution is 2.22. The zero-order chi connectivity index (χ0) is 22.5. The van der Waals surface area contributed by atoms with Gasteiger partial charge in [0.25, 0.3) is 5.91 Å². The number of nitrogens with zero attached hydrogens (tertiary/aromatic N) is 2. The number of carbonyl (C=O) groups is 3. The van der Waals surface area contributed by atoms with Crippen LogP contribution in [-0.2, 0) is 11.3 Å². The lowest BCUT2D eigenvalue weighted by molar-refractivity contribution is -0.122. The van der Waals surface area contributed by atoms with Crippen molar-refractivity contribution in [3.05, 3.63) is 65.7 Å². The van der Waals surface area contributed by atoms with Gasteiger partial charge in [-0.15, -0.1) is 0 Å². The Labute approximate surface area is 185 Å². The third-order valence-corrected chi connectivity index (χ3v) is 5.75. The van der Waals surface area contributed by atoms with Gasteiger partial charge in [0, 0.05) is 23.2 Å². The second kappa shape index (κ2) is 9.72. The molecular formula is C24H25FN4O3. The van der Waals surface area contributed by atoms with Crippen LogP contribution in [0.1, 0.15) is 52.8 Å². The predicted molar refractivity (Wildman–Crippen MR) is 118 cm³/mol. The summed E-state index contributed by atoms with van der Waals surface area (Å²) in [4.78, 5) is 37.3. The van der Waals surface area contributed by atoms with Gasteiger partial charge in [0.05, 0.1) is 18.3 Å². The molecule has 2 amide bonds. The summed E-state index contributed by atoms with van der Waals surface area (Å²) in [6, 6.07) is 9.61. The van der Waals surface area contributed by atoms with Crippen LogP contribution in [-0.4, -0.2) is 40.0 Å². The molecule has 0 unspecified atom stereocenters. The van der Waals surface area contributed by atoms with Crippen LogP contribution in [0.5, 0.6) is 0 Å². The van der Waals surface area contributed by atoms with Gasteiger partial charge in [-0.25, -0.2) is 4.39 Å². The van der Waals surface area contributed by atoms with Gasteiger partial charge in [-0.2, -0.15) is 5.10 Å². The Balaban J connectivity index is 1.33. The Morgan fingerprint density at radius 1 is 1.03 bits per heavy atom. The summed E-state index contributed by atoms with van der Waals surface area (Å²) in [5.74, 6) is -1.33. The van der Waals surface area contributed by atoms with Crippen LogP contribution < -0.4 is 10.6 Å². The monoisotopic (exact) mass is 436 g/mol. The molecule has 0 radical (unpaired) electrons. The predicted octanol–water partition coefficient (Wildman–Crippen LogP) is 3.24. The minimum Gasteiger partial charge on any atom is -0.352 e. The van der Waals surface area contributed by atoms with Crippen LogP contribution in [0.4, 0.5) is 4.39 Å². The van der Waals surface area contributed by atoms with Gasteiger partial charge >= 0.3 is 0 Å². The number of Topliss-reactive ketones (excluding diaryl/α,β-unsaturated/α-hetero) is 1. The molecule has 4 rings (SSSR count). The SMILES string of the molecule is O=C(Cn1cc(C(=O)NCC(=O)c2ccc(F)c3ccccc23)cn1)NC1CCCCC1. The van der Waals surface area contributed by atoms with Crippen molar-refractivity contribution in [2.75, 3.05) is 6.54 Å². The first-order valence-electron chi connectivity index (χ1n) is 10.8. The summed E-state index contributed by atoms with van der Waals surface area (Å²) >= 11 is 0. The number of hydrogen-bond acceptors (Lipinski definition) is 4. The zero-order valence-electron chi connectivity index (χ0n) is 17.6. The van der Waals surface area contributed by atoms with Crippen molar-refractivity contribution >= 4 is 28.4 Å². The van der Waals surface area contributed by atoms with E-state index in [0.717, 1.165) is 25.7 Å². The van der Waals surface area contributed by atoms with Gasteiger partial charge in [-0.05, 0) is 30.4 Å². The molecule has 1 aromatic heterocycles. The summed E-state index contributed by atoms with van der Waals surface area (Å²) in [6.45, 7) is -0.202. The first-order chi connectivity index (χ1) is 15.5. The molecule has 166 valence electrons. The number of carbonyl (C=O) groups excluding carboxylic acids is 3. The Morgan fingerprint density at radius 2 is 1.78 bits per heavy atom. The number of amides is 2. The summed E-state index contributed by atoms with van der Waals surface area (Å²) in [7, 11) is 0. The van der Waals surface area contributed by atoms with Gasteiger partial charge in [0.15, 0.2) is 5.78 Å². The Morgan fingerprint density at radius 3 is 2.56 bits per heavy atom. The van der Waals surface area contributed by atoms with E-state index in [1.807, 2.05) is 0 Å². The summed E-state index contributed by atoms with van der Waals surface area (Å²) in [6.07, 6.45) is 8.30. The molecule has 0 atom stereocenters. The van der Waals surface area contributed by atoms with E-state index in [-0.39, 0.29) is 36.4 Å². The number of fused-ring (bicyclic) bond motifs is 1. The molecule has 1 heterocycles. The van der Waals surface area contributed by atoms with Crippen molar-refractivity contribution in [1.82, 2.24) is 20.4 Å². The minimum atomic E-state index is -0.469. The van der Waals surface area contributed by atoms with Crippen molar-refractivity contribution < 1.29 is 18.8 Å². The summed E-state index contributed by atoms with van der Waals surface area (Å²) < 4.78 is 15.4. The van der Waals surface area contributed by atoms with E-state index in [1.54, 1.807) is 24.3 Å². The number of benzene rings is 2. The fourth-order valence-electron chi connectivity index (χ4n) is 4.10. The van der Waals surface area contributed by atoms with Crippen molar-refractivity contribution in [2.24, 2.45) is 0 Å². The fourth-order valence-corrected chi connectivity index (χ4v) is 4.10. The molecule has 3 aromatic rings. The van der Waals surface area contributed by atoms with E-state index in [1.165, 1.54) is 35.6 Å². The molecule has 0 bridgehead atoms. The van der Waals surface area contributed by atoms with Gasteiger partial charge in [-0.1, -0.05) is 43.5 Å². The summed E-state index contributed by atoms with van der Waals surface area (Å²) in [5, 5.41) is 10.5. The molecule has 32 heavy (non-hydrogen) atoms. The van der Waals surface area contributed by atoms with Crippen molar-refractivity contribution in [3.8, 4) is 0 Å². The Bertz CT molecular complexity index is 1150. The number of aromatic nitrogens is 2. The highest BCUT2D eigenvalue weighted by molar-refractivity contribution is 6.10. The van der Waals surface area contributed by atoms with E-state index in [9.17, 15) is 18.8 Å². The maximum Gasteiger partial charge on any atom is 0.254 e. The van der Waals surface area contributed by atoms with E-state index < -0.39 is 11.7 Å². The lowest BCUT2D eigenvalue weighted by atomic mass is 9.95. The second-order valence-electron chi connectivity index (χ2n) is 8.08. The van der Waals surface area contributed by atoms with Crippen LogP contribution in [0.25, 0.3) is 10.8 Å². The molecule has 1 aliphatic rings. The normalized spacial score (nSPS) is 14.3. The van der Waals surface area contributed by atoms with E-state index in [2.05, 4.69) is 15.7 Å². The molecule has 1 aliphatic carbocycles. The second-order valence-corrected chi connectivity index (χ2v) is 8.08. The molecular weight excluding hydrogens is 411 g/mol. The minimum absolute atomic E-state index is 0.0320. The first-order valence-corrected chi connectivity index (χ1v) is 10.8. The molecule has 0 spiro atoms. The van der Waals surface area contributed by atoms with E-state index >= 15 is 0 Å². The highest BCUT2D eigenvalue weighted by Gasteiger charge is 2.18. The average molecular weight is 436 g/mol. The first kappa shape index (κ1) is 21.7. The van der Waals surface area contributed by atoms with Gasteiger partial charge in [0.1, 0.15) is 12.4 Å². The largest absolute Gasteiger partial charge is 0.352 e. The Kier molecular flexibility index (Phi) is 6.58. The Hall–Kier alpha value is -3.55. The van der Waals surface area contributed by atoms with Gasteiger partial charge < -0.3 is 10.6 Å². The average Bonchev–Trinajstić information content (AvgIpc) is 3.27. The van der Waals surface area contributed by atoms with E-state index in [4.69, 9.17) is 0 Å². The molecule has 1 fully saturated rings. The van der Waals surface area contributed by atoms with Crippen LogP contribution in [0, 0.1) is 5.82 Å². The molecule has 7 nitrogen and oxygen atoms in total. The number of ketones is 1. The third-order valence-electron chi connectivity index (χ3n) is 5.75. The third kappa shape index (κ3) is 5.01. The highest BCUT2D eigenvalue weighted by atomic mass is 19.1. The zero-order valence-corrected chi connectivity index (χ0v) is 17.6. The lowest BCUT2D eigenvalue weighted by Gasteiger charge is -2.22. The maximum absolute atomic E-state index is 14.0. The quantitative estimate of drug-likeness (QED) is 0.556. The van der Waals surface area contributed by atoms with Crippen molar-refractivity contribution in [1.29, 1.82) is 0 Å². The van der Waals surface area contributed by atoms with Crippen LogP contribution in [0.3, 0.4) is 0 Å². The number of nitrogens with one attached hydrogen (secondary N) is 2. The van der Waals surface area contributed by atoms with Gasteiger partial charge in [-0.3, -0.25) is 19.1 Å². The van der Waals surface area contributed by atoms with Gasteiger partial charge in [0.2, 0.25) is 5.91 Å². The van der Waals surface area contributed by atoms with E-state index in [0.29, 0.717) is 16.3 Å². The van der Waals surface area contributed by atoms with Crippen molar-refractivity contribution in [3.63, 3.8) is 0 Å². The molecule has 0 saturated heterocycles. The molecule has 0 aliphatic heterocycles. The molecule has 2 N–H and O–H groups in total. The number of halogens is 1. The summed E-state index contributed by atoms with van der Waals surface area (Å²) in [5.41, 5.74) is 0.601. The van der Waals surface area contributed by atoms with Crippen LogP contribution >= 0.6 is 0 Å². The standard InChI is InChI=1S/C24H25FN4O3/c25-21-11-10-20(18-8-4-5-9-19(18)21)22(30)13-26-24(32)16-12-27-29(14-16)15-23(31)28-17-6-2-1-3-7-17/h4-5,8-12,14,17H,1-3,6-7,13,15H2,(H,26,32)(H,28,31). The van der Waals surface area contributed by atoms with Crippen LogP contribution in [0.15, 0.2) is 48.8 Å². The molecule has 1 saturated carbocycles. The fraction of sp³-hybridized carbons (Fsp3) is 0.333. The molecule has 8 heteroatoms. The smallest absolute Gasteiger partial charge is 0.254 e. The molecule has 2 aromatic carbocycles. The lowest BCUT2D eigenvalue weighted by Crippen LogP contribution is -2.38. The number of rotatable bonds is 7. The topological polar surface area (TPSA) is 93.1 Å². The van der Waals surface area contributed by atoms with Crippen LogP contribution in [0.2, 0.25) is 0 Å². The maximum atomic E-state index is 14.0. The number of hydrogen-bond donors (Lipinski definition) is 2. The van der Waals surface area contributed by atoms with Crippen molar-refractivity contribution in [2.45, 2.75) is 44.7 Å².